The van der Waals surface area contributed by atoms with E-state index in [0.29, 0.717) is 6.54 Å². The third kappa shape index (κ3) is 6.31. The number of halogens is 1. The Morgan fingerprint density at radius 1 is 1.40 bits per heavy atom. The Morgan fingerprint density at radius 2 is 2.20 bits per heavy atom. The highest BCUT2D eigenvalue weighted by Crippen LogP contribution is 2.17. The Morgan fingerprint density at radius 3 is 2.80 bits per heavy atom. The number of nitrogens with zero attached hydrogens (tertiary/aromatic N) is 5. The molecule has 0 radical (unpaired) electrons. The summed E-state index contributed by atoms with van der Waals surface area (Å²) in [6.07, 6.45) is 4.33. The molecule has 0 amide bonds. The maximum Gasteiger partial charge on any atom is 0.191 e. The van der Waals surface area contributed by atoms with Gasteiger partial charge in [0.15, 0.2) is 5.96 Å². The molecule has 0 saturated carbocycles. The third-order valence-electron chi connectivity index (χ3n) is 3.84. The fourth-order valence-electron chi connectivity index (χ4n) is 2.47. The van der Waals surface area contributed by atoms with Crippen LogP contribution in [-0.4, -0.2) is 59.9 Å². The normalized spacial score (nSPS) is 12.8. The number of nitrogens with one attached hydrogen (secondary N) is 2. The molecule has 25 heavy (non-hydrogen) atoms. The molecule has 0 saturated heterocycles. The highest BCUT2D eigenvalue weighted by Gasteiger charge is 2.17. The van der Waals surface area contributed by atoms with Gasteiger partial charge in [0, 0.05) is 33.1 Å². The van der Waals surface area contributed by atoms with Crippen LogP contribution in [0.15, 0.2) is 34.1 Å². The molecule has 2 N–H and O–H groups in total. The number of guanidine groups is 1. The number of aromatic nitrogens is 3. The summed E-state index contributed by atoms with van der Waals surface area (Å²) in [4.78, 5) is 6.38. The van der Waals surface area contributed by atoms with Crippen LogP contribution >= 0.6 is 24.0 Å². The Kier molecular flexibility index (Phi) is 9.50. The van der Waals surface area contributed by atoms with E-state index in [4.69, 9.17) is 4.42 Å². The van der Waals surface area contributed by atoms with Crippen molar-refractivity contribution in [3.05, 3.63) is 36.3 Å². The summed E-state index contributed by atoms with van der Waals surface area (Å²) in [6.45, 7) is 4.32. The van der Waals surface area contributed by atoms with Crippen LogP contribution in [0.25, 0.3) is 0 Å². The van der Waals surface area contributed by atoms with Crippen LogP contribution in [-0.2, 0) is 13.0 Å². The fourth-order valence-corrected chi connectivity index (χ4v) is 2.47. The van der Waals surface area contributed by atoms with E-state index in [1.54, 1.807) is 19.6 Å². The van der Waals surface area contributed by atoms with Gasteiger partial charge < -0.3 is 19.6 Å². The SMILES string of the molecule is CCc1nncn1CCNC(=NC)NCC(c1ccco1)N(C)C.I. The summed E-state index contributed by atoms with van der Waals surface area (Å²) >= 11 is 0. The lowest BCUT2D eigenvalue weighted by Crippen LogP contribution is -2.42. The molecule has 0 fully saturated rings. The van der Waals surface area contributed by atoms with Crippen LogP contribution in [0.4, 0.5) is 0 Å². The first kappa shape index (κ1) is 21.4. The monoisotopic (exact) mass is 461 g/mol. The Balaban J connectivity index is 0.00000312. The number of aliphatic imine (C=N–C) groups is 1. The third-order valence-corrected chi connectivity index (χ3v) is 3.84. The van der Waals surface area contributed by atoms with Crippen LogP contribution < -0.4 is 10.6 Å². The molecule has 1 atom stereocenters. The van der Waals surface area contributed by atoms with Gasteiger partial charge in [0.05, 0.1) is 12.3 Å². The highest BCUT2D eigenvalue weighted by molar-refractivity contribution is 14.0. The zero-order chi connectivity index (χ0) is 17.4. The van der Waals surface area contributed by atoms with E-state index in [2.05, 4.69) is 37.6 Å². The van der Waals surface area contributed by atoms with Gasteiger partial charge in [-0.15, -0.1) is 34.2 Å². The average Bonchev–Trinajstić information content (AvgIpc) is 3.24. The molecule has 9 heteroatoms. The summed E-state index contributed by atoms with van der Waals surface area (Å²) < 4.78 is 7.57. The van der Waals surface area contributed by atoms with Crippen molar-refractivity contribution < 1.29 is 4.42 Å². The second kappa shape index (κ2) is 11.1. The lowest BCUT2D eigenvalue weighted by molar-refractivity contribution is 0.258. The molecular weight excluding hydrogens is 433 g/mol. The standard InChI is InChI=1S/C16H27N7O.HI/c1-5-15-21-20-12-23(15)9-8-18-16(17-2)19-11-13(22(3)4)14-7-6-10-24-14;/h6-7,10,12-13H,5,8-9,11H2,1-4H3,(H2,17,18,19);1H. The van der Waals surface area contributed by atoms with Crippen LogP contribution in [0.3, 0.4) is 0 Å². The lowest BCUT2D eigenvalue weighted by Gasteiger charge is -2.23. The van der Waals surface area contributed by atoms with Gasteiger partial charge in [-0.3, -0.25) is 9.89 Å². The number of hydrogen-bond donors (Lipinski definition) is 2. The zero-order valence-electron chi connectivity index (χ0n) is 15.3. The van der Waals surface area contributed by atoms with Crippen LogP contribution in [0.5, 0.6) is 0 Å². The minimum Gasteiger partial charge on any atom is -0.468 e. The first-order valence-electron chi connectivity index (χ1n) is 8.16. The van der Waals surface area contributed by atoms with Crippen LogP contribution in [0.2, 0.25) is 0 Å². The van der Waals surface area contributed by atoms with Gasteiger partial charge in [0.25, 0.3) is 0 Å². The van der Waals surface area contributed by atoms with E-state index < -0.39 is 0 Å². The summed E-state index contributed by atoms with van der Waals surface area (Å²) in [5.41, 5.74) is 0. The van der Waals surface area contributed by atoms with Crippen molar-refractivity contribution in [1.29, 1.82) is 0 Å². The van der Waals surface area contributed by atoms with Crippen LogP contribution in [0.1, 0.15) is 24.6 Å². The van der Waals surface area contributed by atoms with Gasteiger partial charge in [-0.05, 0) is 26.2 Å². The molecule has 2 rings (SSSR count). The van der Waals surface area contributed by atoms with Gasteiger partial charge in [-0.1, -0.05) is 6.92 Å². The molecule has 2 heterocycles. The molecule has 0 aliphatic carbocycles. The maximum atomic E-state index is 5.52. The molecule has 0 aliphatic rings. The van der Waals surface area contributed by atoms with Gasteiger partial charge in [-0.25, -0.2) is 0 Å². The topological polar surface area (TPSA) is 83.5 Å². The Bertz CT molecular complexity index is 624. The summed E-state index contributed by atoms with van der Waals surface area (Å²) in [6, 6.07) is 4.03. The summed E-state index contributed by atoms with van der Waals surface area (Å²) in [5.74, 6) is 2.68. The van der Waals surface area contributed by atoms with Crippen molar-refractivity contribution >= 4 is 29.9 Å². The predicted octanol–water partition coefficient (Wildman–Crippen LogP) is 1.52. The number of furan rings is 1. The van der Waals surface area contributed by atoms with Gasteiger partial charge >= 0.3 is 0 Å². The minimum absolute atomic E-state index is 0. The number of aryl methyl sites for hydroxylation is 1. The van der Waals surface area contributed by atoms with Crippen molar-refractivity contribution in [3.8, 4) is 0 Å². The highest BCUT2D eigenvalue weighted by atomic mass is 127. The van der Waals surface area contributed by atoms with E-state index in [-0.39, 0.29) is 30.0 Å². The molecular formula is C16H28IN7O. The van der Waals surface area contributed by atoms with Gasteiger partial charge in [0.2, 0.25) is 0 Å². The van der Waals surface area contributed by atoms with Crippen molar-refractivity contribution in [2.75, 3.05) is 34.2 Å². The van der Waals surface area contributed by atoms with Gasteiger partial charge in [-0.2, -0.15) is 0 Å². The summed E-state index contributed by atoms with van der Waals surface area (Å²) in [5, 5.41) is 14.7. The molecule has 2 aromatic rings. The van der Waals surface area contributed by atoms with E-state index >= 15 is 0 Å². The van der Waals surface area contributed by atoms with Crippen molar-refractivity contribution in [1.82, 2.24) is 30.3 Å². The van der Waals surface area contributed by atoms with Crippen molar-refractivity contribution in [3.63, 3.8) is 0 Å². The van der Waals surface area contributed by atoms with Crippen LogP contribution in [0, 0.1) is 0 Å². The molecule has 8 nitrogen and oxygen atoms in total. The molecule has 2 aromatic heterocycles. The number of likely N-dealkylation sites (N-methyl/N-ethyl adjacent to an activating group) is 1. The maximum absolute atomic E-state index is 5.52. The van der Waals surface area contributed by atoms with E-state index in [9.17, 15) is 0 Å². The second-order valence-electron chi connectivity index (χ2n) is 5.67. The first-order chi connectivity index (χ1) is 11.7. The number of hydrogen-bond acceptors (Lipinski definition) is 5. The minimum atomic E-state index is 0. The number of rotatable bonds is 8. The Hall–Kier alpha value is -1.62. The lowest BCUT2D eigenvalue weighted by atomic mass is 10.2. The Labute approximate surface area is 166 Å². The van der Waals surface area contributed by atoms with E-state index in [0.717, 1.165) is 37.1 Å². The van der Waals surface area contributed by atoms with E-state index in [1.807, 2.05) is 30.8 Å². The van der Waals surface area contributed by atoms with Crippen molar-refractivity contribution in [2.24, 2.45) is 4.99 Å². The molecule has 0 aromatic carbocycles. The largest absolute Gasteiger partial charge is 0.468 e. The quantitative estimate of drug-likeness (QED) is 0.353. The smallest absolute Gasteiger partial charge is 0.191 e. The fraction of sp³-hybridized carbons (Fsp3) is 0.562. The van der Waals surface area contributed by atoms with Crippen molar-refractivity contribution in [2.45, 2.75) is 25.9 Å². The molecule has 140 valence electrons. The van der Waals surface area contributed by atoms with Gasteiger partial charge in [0.1, 0.15) is 17.9 Å². The predicted molar refractivity (Wildman–Crippen MR) is 109 cm³/mol. The first-order valence-corrected chi connectivity index (χ1v) is 8.16. The molecule has 0 aliphatic heterocycles. The zero-order valence-corrected chi connectivity index (χ0v) is 17.6. The summed E-state index contributed by atoms with van der Waals surface area (Å²) in [7, 11) is 5.83. The molecule has 0 bridgehead atoms. The average molecular weight is 461 g/mol. The van der Waals surface area contributed by atoms with E-state index in [1.165, 1.54) is 0 Å². The molecule has 0 spiro atoms. The molecule has 1 unspecified atom stereocenters. The second-order valence-corrected chi connectivity index (χ2v) is 5.67.